The molecule has 1 fully saturated rings. The number of allylic oxidation sites excluding steroid dienone is 1. The minimum absolute atomic E-state index is 0.0129. The van der Waals surface area contributed by atoms with Crippen molar-refractivity contribution in [1.29, 1.82) is 0 Å². The average Bonchev–Trinajstić information content (AvgIpc) is 2.92. The van der Waals surface area contributed by atoms with Gasteiger partial charge in [-0.15, -0.1) is 0 Å². The standard InChI is InChI=1S/C20H24F2O3/c21-17-11-8-14(13-18(17)22)7-9-15-10-12-19(23)16(15)5-3-1-2-4-6-20(24)25/h7-9,11,13,15-16H,1-6,10,12H2,(H,24,25). The van der Waals surface area contributed by atoms with Gasteiger partial charge in [0.15, 0.2) is 11.6 Å². The molecule has 1 saturated carbocycles. The molecule has 0 aliphatic heterocycles. The van der Waals surface area contributed by atoms with Crippen LogP contribution < -0.4 is 0 Å². The second-order valence-corrected chi connectivity index (χ2v) is 6.65. The van der Waals surface area contributed by atoms with Gasteiger partial charge in [-0.2, -0.15) is 0 Å². The van der Waals surface area contributed by atoms with Crippen LogP contribution in [0.15, 0.2) is 24.3 Å². The average molecular weight is 350 g/mol. The summed E-state index contributed by atoms with van der Waals surface area (Å²) >= 11 is 0. The third kappa shape index (κ3) is 6.07. The van der Waals surface area contributed by atoms with Crippen molar-refractivity contribution >= 4 is 17.8 Å². The molecule has 0 bridgehead atoms. The van der Waals surface area contributed by atoms with Crippen LogP contribution in [0.4, 0.5) is 8.78 Å². The third-order valence-electron chi connectivity index (χ3n) is 4.79. The topological polar surface area (TPSA) is 54.4 Å². The van der Waals surface area contributed by atoms with Gasteiger partial charge in [0.1, 0.15) is 5.78 Å². The molecule has 0 spiro atoms. The maximum absolute atomic E-state index is 13.2. The summed E-state index contributed by atoms with van der Waals surface area (Å²) in [4.78, 5) is 22.5. The molecule has 1 aromatic carbocycles. The van der Waals surface area contributed by atoms with Crippen LogP contribution in [0.3, 0.4) is 0 Å². The molecule has 0 saturated heterocycles. The van der Waals surface area contributed by atoms with E-state index in [0.29, 0.717) is 18.4 Å². The zero-order valence-corrected chi connectivity index (χ0v) is 14.2. The number of carbonyl (C=O) groups excluding carboxylic acids is 1. The van der Waals surface area contributed by atoms with Crippen molar-refractivity contribution in [2.75, 3.05) is 0 Å². The molecule has 1 aromatic rings. The number of unbranched alkanes of at least 4 members (excludes halogenated alkanes) is 3. The Morgan fingerprint density at radius 3 is 2.64 bits per heavy atom. The van der Waals surface area contributed by atoms with Crippen molar-refractivity contribution in [3.8, 4) is 0 Å². The summed E-state index contributed by atoms with van der Waals surface area (Å²) in [6.45, 7) is 0. The number of Topliss-reactive ketones (excluding diaryl/α,β-unsaturated/α-hetero) is 1. The number of hydrogen-bond donors (Lipinski definition) is 1. The number of hydrogen-bond acceptors (Lipinski definition) is 2. The molecule has 136 valence electrons. The summed E-state index contributed by atoms with van der Waals surface area (Å²) in [6, 6.07) is 3.77. The second kappa shape index (κ2) is 9.44. The lowest BCUT2D eigenvalue weighted by Gasteiger charge is -2.14. The van der Waals surface area contributed by atoms with E-state index in [2.05, 4.69) is 0 Å². The molecule has 5 heteroatoms. The van der Waals surface area contributed by atoms with Gasteiger partial charge in [-0.25, -0.2) is 8.78 Å². The van der Waals surface area contributed by atoms with Crippen LogP contribution in [0.1, 0.15) is 56.9 Å². The lowest BCUT2D eigenvalue weighted by molar-refractivity contribution is -0.137. The highest BCUT2D eigenvalue weighted by molar-refractivity contribution is 5.83. The fraction of sp³-hybridized carbons (Fsp3) is 0.500. The molecule has 1 aliphatic rings. The molecule has 0 heterocycles. The number of halogens is 2. The van der Waals surface area contributed by atoms with Crippen LogP contribution in [-0.2, 0) is 9.59 Å². The number of benzene rings is 1. The molecule has 25 heavy (non-hydrogen) atoms. The van der Waals surface area contributed by atoms with Crippen molar-refractivity contribution in [1.82, 2.24) is 0 Å². The molecule has 1 N–H and O–H groups in total. The molecule has 0 amide bonds. The van der Waals surface area contributed by atoms with Gasteiger partial charge in [-0.1, -0.05) is 37.5 Å². The number of carboxylic acids is 1. The van der Waals surface area contributed by atoms with Crippen LogP contribution in [-0.4, -0.2) is 16.9 Å². The predicted molar refractivity (Wildman–Crippen MR) is 92.0 cm³/mol. The van der Waals surface area contributed by atoms with Gasteiger partial charge >= 0.3 is 5.97 Å². The lowest BCUT2D eigenvalue weighted by Crippen LogP contribution is -2.13. The van der Waals surface area contributed by atoms with Gasteiger partial charge in [0.2, 0.25) is 0 Å². The summed E-state index contributed by atoms with van der Waals surface area (Å²) in [6.07, 6.45) is 9.43. The van der Waals surface area contributed by atoms with E-state index in [-0.39, 0.29) is 24.0 Å². The van der Waals surface area contributed by atoms with Gasteiger partial charge in [-0.3, -0.25) is 9.59 Å². The normalized spacial score (nSPS) is 20.5. The largest absolute Gasteiger partial charge is 0.481 e. The predicted octanol–water partition coefficient (Wildman–Crippen LogP) is 5.00. The molecule has 0 radical (unpaired) electrons. The summed E-state index contributed by atoms with van der Waals surface area (Å²) in [5.41, 5.74) is 0.589. The van der Waals surface area contributed by atoms with Gasteiger partial charge in [0, 0.05) is 18.8 Å². The minimum Gasteiger partial charge on any atom is -0.481 e. The Bertz CT molecular complexity index is 640. The SMILES string of the molecule is O=C(O)CCCCCCC1C(=O)CCC1C=Cc1ccc(F)c(F)c1. The van der Waals surface area contributed by atoms with Crippen molar-refractivity contribution in [2.24, 2.45) is 11.8 Å². The Balaban J connectivity index is 1.82. The Kier molecular flexibility index (Phi) is 7.29. The number of aliphatic carboxylic acids is 1. The first kappa shape index (κ1) is 19.3. The quantitative estimate of drug-likeness (QED) is 0.638. The van der Waals surface area contributed by atoms with E-state index in [1.165, 1.54) is 6.07 Å². The molecule has 0 aromatic heterocycles. The van der Waals surface area contributed by atoms with Gasteiger partial charge in [-0.05, 0) is 42.9 Å². The van der Waals surface area contributed by atoms with E-state index in [0.717, 1.165) is 44.2 Å². The maximum Gasteiger partial charge on any atom is 0.303 e. The zero-order chi connectivity index (χ0) is 18.2. The van der Waals surface area contributed by atoms with E-state index < -0.39 is 17.6 Å². The van der Waals surface area contributed by atoms with Crippen molar-refractivity contribution in [2.45, 2.75) is 51.4 Å². The van der Waals surface area contributed by atoms with E-state index in [1.54, 1.807) is 6.08 Å². The van der Waals surface area contributed by atoms with E-state index in [9.17, 15) is 18.4 Å². The molecule has 2 rings (SSSR count). The zero-order valence-electron chi connectivity index (χ0n) is 14.2. The summed E-state index contributed by atoms with van der Waals surface area (Å²) < 4.78 is 26.2. The highest BCUT2D eigenvalue weighted by atomic mass is 19.2. The smallest absolute Gasteiger partial charge is 0.303 e. The lowest BCUT2D eigenvalue weighted by atomic mass is 9.89. The molecule has 2 atom stereocenters. The van der Waals surface area contributed by atoms with Crippen molar-refractivity contribution < 1.29 is 23.5 Å². The van der Waals surface area contributed by atoms with E-state index >= 15 is 0 Å². The molecule has 1 aliphatic carbocycles. The Labute approximate surface area is 146 Å². The second-order valence-electron chi connectivity index (χ2n) is 6.65. The highest BCUT2D eigenvalue weighted by Crippen LogP contribution is 2.34. The van der Waals surface area contributed by atoms with Crippen LogP contribution in [0.2, 0.25) is 0 Å². The van der Waals surface area contributed by atoms with Crippen LogP contribution in [0.25, 0.3) is 6.08 Å². The number of carbonyl (C=O) groups is 2. The molecule has 2 unspecified atom stereocenters. The number of carboxylic acid groups (broad SMARTS) is 1. The summed E-state index contributed by atoms with van der Waals surface area (Å²) in [5.74, 6) is -2.11. The fourth-order valence-electron chi connectivity index (χ4n) is 3.38. The Morgan fingerprint density at radius 2 is 1.92 bits per heavy atom. The van der Waals surface area contributed by atoms with Crippen LogP contribution in [0, 0.1) is 23.5 Å². The van der Waals surface area contributed by atoms with Gasteiger partial charge in [0.25, 0.3) is 0 Å². The number of ketones is 1. The molecular formula is C20H24F2O3. The van der Waals surface area contributed by atoms with Crippen LogP contribution in [0.5, 0.6) is 0 Å². The first-order valence-electron chi connectivity index (χ1n) is 8.85. The van der Waals surface area contributed by atoms with E-state index in [4.69, 9.17) is 5.11 Å². The van der Waals surface area contributed by atoms with E-state index in [1.807, 2.05) is 6.08 Å². The fourth-order valence-corrected chi connectivity index (χ4v) is 3.38. The third-order valence-corrected chi connectivity index (χ3v) is 4.79. The summed E-state index contributed by atoms with van der Waals surface area (Å²) in [5, 5.41) is 8.60. The Morgan fingerprint density at radius 1 is 1.16 bits per heavy atom. The number of rotatable bonds is 9. The molecular weight excluding hydrogens is 326 g/mol. The summed E-state index contributed by atoms with van der Waals surface area (Å²) in [7, 11) is 0. The maximum atomic E-state index is 13.2. The van der Waals surface area contributed by atoms with Gasteiger partial charge in [0.05, 0.1) is 0 Å². The van der Waals surface area contributed by atoms with Crippen LogP contribution >= 0.6 is 0 Å². The first-order chi connectivity index (χ1) is 12.0. The van der Waals surface area contributed by atoms with Crippen molar-refractivity contribution in [3.63, 3.8) is 0 Å². The minimum atomic E-state index is -0.873. The molecule has 3 nitrogen and oxygen atoms in total. The van der Waals surface area contributed by atoms with Crippen molar-refractivity contribution in [3.05, 3.63) is 41.5 Å². The first-order valence-corrected chi connectivity index (χ1v) is 8.85. The monoisotopic (exact) mass is 350 g/mol. The highest BCUT2D eigenvalue weighted by Gasteiger charge is 2.32. The Hall–Kier alpha value is -2.04. The van der Waals surface area contributed by atoms with Gasteiger partial charge < -0.3 is 5.11 Å².